The van der Waals surface area contributed by atoms with Gasteiger partial charge in [-0.1, -0.05) is 6.07 Å². The zero-order chi connectivity index (χ0) is 17.4. The minimum atomic E-state index is -0.558. The molecular formula is C19H18N2O3S. The molecule has 2 aliphatic heterocycles. The zero-order valence-corrected chi connectivity index (χ0v) is 14.6. The Morgan fingerprint density at radius 2 is 2.20 bits per heavy atom. The quantitative estimate of drug-likeness (QED) is 0.640. The van der Waals surface area contributed by atoms with Gasteiger partial charge in [0.25, 0.3) is 5.91 Å². The van der Waals surface area contributed by atoms with Crippen molar-refractivity contribution in [3.63, 3.8) is 0 Å². The van der Waals surface area contributed by atoms with E-state index in [0.29, 0.717) is 17.6 Å². The largest absolute Gasteiger partial charge is 0.459 e. The Hall–Kier alpha value is -2.36. The van der Waals surface area contributed by atoms with Gasteiger partial charge in [-0.3, -0.25) is 4.79 Å². The van der Waals surface area contributed by atoms with Crippen LogP contribution in [0.3, 0.4) is 0 Å². The topological polar surface area (TPSA) is 67.4 Å². The Balaban J connectivity index is 1.51. The van der Waals surface area contributed by atoms with E-state index >= 15 is 0 Å². The van der Waals surface area contributed by atoms with E-state index in [-0.39, 0.29) is 11.9 Å². The highest BCUT2D eigenvalue weighted by atomic mass is 32.1. The van der Waals surface area contributed by atoms with Crippen molar-refractivity contribution in [2.75, 3.05) is 7.11 Å². The van der Waals surface area contributed by atoms with E-state index in [0.717, 1.165) is 27.8 Å². The Labute approximate surface area is 149 Å². The number of fused-ring (bicyclic) bond motifs is 3. The third-order valence-corrected chi connectivity index (χ3v) is 5.89. The first-order valence-corrected chi connectivity index (χ1v) is 9.14. The molecule has 1 amide bonds. The number of nitrogens with one attached hydrogen (secondary N) is 2. The Bertz CT molecular complexity index is 908. The van der Waals surface area contributed by atoms with Gasteiger partial charge in [-0.15, -0.1) is 11.3 Å². The molecule has 2 aromatic rings. The van der Waals surface area contributed by atoms with Crippen LogP contribution in [0.15, 0.2) is 24.3 Å². The molecule has 0 aliphatic carbocycles. The molecule has 3 atom stereocenters. The summed E-state index contributed by atoms with van der Waals surface area (Å²) in [7, 11) is 1.30. The lowest BCUT2D eigenvalue weighted by atomic mass is 9.95. The number of amides is 1. The number of carbonyl (C=O) groups excluding carboxylic acids is 2. The number of methoxy groups -OCH3 is 1. The molecule has 3 heterocycles. The summed E-state index contributed by atoms with van der Waals surface area (Å²) in [5.74, 6) is 4.63. The average Bonchev–Trinajstić information content (AvgIpc) is 3.33. The second-order valence-corrected chi connectivity index (χ2v) is 7.55. The van der Waals surface area contributed by atoms with Gasteiger partial charge in [0.15, 0.2) is 0 Å². The normalized spacial score (nSPS) is 24.0. The lowest BCUT2D eigenvalue weighted by Crippen LogP contribution is -2.42. The number of esters is 1. The minimum absolute atomic E-state index is 0.0307. The van der Waals surface area contributed by atoms with Crippen molar-refractivity contribution >= 4 is 33.3 Å². The molecule has 128 valence electrons. The van der Waals surface area contributed by atoms with Crippen LogP contribution in [0.1, 0.15) is 34.5 Å². The van der Waals surface area contributed by atoms with Crippen LogP contribution < -0.4 is 10.6 Å². The first-order chi connectivity index (χ1) is 12.1. The number of hydrogen-bond donors (Lipinski definition) is 2. The predicted molar refractivity (Wildman–Crippen MR) is 96.5 cm³/mol. The summed E-state index contributed by atoms with van der Waals surface area (Å²) in [6.07, 6.45) is 3.38. The van der Waals surface area contributed by atoms with Gasteiger partial charge in [-0.25, -0.2) is 4.79 Å². The first-order valence-electron chi connectivity index (χ1n) is 8.33. The van der Waals surface area contributed by atoms with E-state index in [1.165, 1.54) is 24.9 Å². The first kappa shape index (κ1) is 16.1. The van der Waals surface area contributed by atoms with Gasteiger partial charge in [0.05, 0.1) is 12.0 Å². The Morgan fingerprint density at radius 1 is 1.32 bits per heavy atom. The van der Waals surface area contributed by atoms with Gasteiger partial charge < -0.3 is 15.4 Å². The maximum absolute atomic E-state index is 12.6. The summed E-state index contributed by atoms with van der Waals surface area (Å²) < 4.78 is 5.49. The van der Waals surface area contributed by atoms with E-state index < -0.39 is 5.97 Å². The molecule has 2 fully saturated rings. The van der Waals surface area contributed by atoms with Crippen LogP contribution in [0.5, 0.6) is 0 Å². The van der Waals surface area contributed by atoms with Crippen molar-refractivity contribution in [1.82, 2.24) is 10.6 Å². The van der Waals surface area contributed by atoms with Crippen molar-refractivity contribution in [2.24, 2.45) is 0 Å². The smallest absolute Gasteiger partial charge is 0.384 e. The molecule has 4 rings (SSSR count). The molecule has 0 spiro atoms. The van der Waals surface area contributed by atoms with Gasteiger partial charge in [0, 0.05) is 34.3 Å². The fourth-order valence-electron chi connectivity index (χ4n) is 3.63. The lowest BCUT2D eigenvalue weighted by Gasteiger charge is -2.21. The van der Waals surface area contributed by atoms with Crippen molar-refractivity contribution in [2.45, 2.75) is 37.4 Å². The van der Waals surface area contributed by atoms with Crippen LogP contribution in [0.4, 0.5) is 0 Å². The fourth-order valence-corrected chi connectivity index (χ4v) is 4.59. The molecule has 1 aromatic heterocycles. The third kappa shape index (κ3) is 3.26. The summed E-state index contributed by atoms with van der Waals surface area (Å²) in [6, 6.07) is 8.76. The van der Waals surface area contributed by atoms with Gasteiger partial charge in [0.1, 0.15) is 0 Å². The molecule has 0 saturated carbocycles. The van der Waals surface area contributed by atoms with E-state index in [1.54, 1.807) is 0 Å². The van der Waals surface area contributed by atoms with Gasteiger partial charge in [0.2, 0.25) is 0 Å². The average molecular weight is 354 g/mol. The molecule has 2 N–H and O–H groups in total. The van der Waals surface area contributed by atoms with Gasteiger partial charge in [-0.2, -0.15) is 0 Å². The molecule has 1 aromatic carbocycles. The predicted octanol–water partition coefficient (Wildman–Crippen LogP) is 2.05. The SMILES string of the molecule is COC(=O)C#Cc1cc2ccc(C(=O)N[C@@H]3C[C@H]4CC[C@@H]3N4)cc2s1. The minimum Gasteiger partial charge on any atom is -0.459 e. The summed E-state index contributed by atoms with van der Waals surface area (Å²) >= 11 is 1.46. The highest BCUT2D eigenvalue weighted by Gasteiger charge is 2.39. The highest BCUT2D eigenvalue weighted by molar-refractivity contribution is 7.19. The summed E-state index contributed by atoms with van der Waals surface area (Å²) in [6.45, 7) is 0. The van der Waals surface area contributed by atoms with Crippen LogP contribution in [-0.2, 0) is 9.53 Å². The van der Waals surface area contributed by atoms with Crippen LogP contribution in [0.2, 0.25) is 0 Å². The zero-order valence-electron chi connectivity index (χ0n) is 13.8. The molecule has 6 heteroatoms. The van der Waals surface area contributed by atoms with E-state index in [9.17, 15) is 9.59 Å². The summed E-state index contributed by atoms with van der Waals surface area (Å²) in [5.41, 5.74) is 0.657. The maximum Gasteiger partial charge on any atom is 0.384 e. The second kappa shape index (κ2) is 6.51. The van der Waals surface area contributed by atoms with Crippen LogP contribution >= 0.6 is 11.3 Å². The van der Waals surface area contributed by atoms with Gasteiger partial charge in [-0.05, 0) is 48.8 Å². The van der Waals surface area contributed by atoms with Crippen molar-refractivity contribution in [3.05, 3.63) is 34.7 Å². The van der Waals surface area contributed by atoms with Crippen LogP contribution in [-0.4, -0.2) is 37.1 Å². The number of hydrogen-bond acceptors (Lipinski definition) is 5. The number of carbonyl (C=O) groups is 2. The maximum atomic E-state index is 12.6. The molecule has 0 unspecified atom stereocenters. The van der Waals surface area contributed by atoms with E-state index in [2.05, 4.69) is 27.2 Å². The Kier molecular flexibility index (Phi) is 4.20. The van der Waals surface area contributed by atoms with Crippen molar-refractivity contribution in [3.8, 4) is 11.8 Å². The monoisotopic (exact) mass is 354 g/mol. The van der Waals surface area contributed by atoms with Gasteiger partial charge >= 0.3 is 5.97 Å². The number of thiophene rings is 1. The molecule has 0 radical (unpaired) electrons. The van der Waals surface area contributed by atoms with E-state index in [4.69, 9.17) is 0 Å². The van der Waals surface area contributed by atoms with Crippen LogP contribution in [0.25, 0.3) is 10.1 Å². The Morgan fingerprint density at radius 3 is 2.92 bits per heavy atom. The number of benzene rings is 1. The molecule has 2 aliphatic rings. The van der Waals surface area contributed by atoms with Crippen LogP contribution in [0, 0.1) is 11.8 Å². The van der Waals surface area contributed by atoms with E-state index in [1.807, 2.05) is 24.3 Å². The number of rotatable bonds is 2. The highest BCUT2D eigenvalue weighted by Crippen LogP contribution is 2.29. The fraction of sp³-hybridized carbons (Fsp3) is 0.368. The summed E-state index contributed by atoms with van der Waals surface area (Å²) in [4.78, 5) is 24.4. The summed E-state index contributed by atoms with van der Waals surface area (Å²) in [5, 5.41) is 7.70. The molecular weight excluding hydrogens is 336 g/mol. The molecule has 2 saturated heterocycles. The van der Waals surface area contributed by atoms with Crippen molar-refractivity contribution < 1.29 is 14.3 Å². The lowest BCUT2D eigenvalue weighted by molar-refractivity contribution is -0.133. The molecule has 5 nitrogen and oxygen atoms in total. The van der Waals surface area contributed by atoms with Crippen molar-refractivity contribution in [1.29, 1.82) is 0 Å². The third-order valence-electron chi connectivity index (χ3n) is 4.87. The second-order valence-electron chi connectivity index (χ2n) is 6.47. The molecule has 25 heavy (non-hydrogen) atoms. The molecule has 2 bridgehead atoms. The number of ether oxygens (including phenoxy) is 1. The standard InChI is InChI=1S/C19H18N2O3S/c1-24-18(22)7-5-14-8-11-2-3-12(9-17(11)25-14)19(23)21-16-10-13-4-6-15(16)20-13/h2-3,8-9,13,15-16,20H,4,6,10H2,1H3,(H,21,23)/t13-,15+,16-/m1/s1.